The van der Waals surface area contributed by atoms with Crippen LogP contribution in [0.3, 0.4) is 0 Å². The van der Waals surface area contributed by atoms with Gasteiger partial charge in [0.2, 0.25) is 0 Å². The van der Waals surface area contributed by atoms with Gasteiger partial charge >= 0.3 is 5.97 Å². The molecule has 4 aliphatic rings. The molecule has 4 saturated carbocycles. The highest BCUT2D eigenvalue weighted by atomic mass is 16.5. The Balaban J connectivity index is 1.33. The Labute approximate surface area is 186 Å². The quantitative estimate of drug-likeness (QED) is 0.371. The highest BCUT2D eigenvalue weighted by molar-refractivity contribution is 5.89. The third-order valence-corrected chi connectivity index (χ3v) is 8.43. The monoisotopic (exact) mass is 414 g/mol. The summed E-state index contributed by atoms with van der Waals surface area (Å²) < 4.78 is 6.38. The summed E-state index contributed by atoms with van der Waals surface area (Å²) in [4.78, 5) is 13.2. The minimum absolute atomic E-state index is 0.0224. The molecule has 0 spiro atoms. The third-order valence-electron chi connectivity index (χ3n) is 8.43. The lowest BCUT2D eigenvalue weighted by Gasteiger charge is -2.60. The van der Waals surface area contributed by atoms with E-state index in [1.807, 2.05) is 18.2 Å². The van der Waals surface area contributed by atoms with E-state index in [-0.39, 0.29) is 23.4 Å². The SMILES string of the molecule is C=C(C(=O)OC1C2CC3CC(C2)CC1(CCc1ccccc1)C3)C(C)c1ccccc1. The standard InChI is InChI=1S/C29H34O2/c1-20(25-11-7-4-8-12-25)21(2)28(30)31-27-26-16-23-15-24(17-26)19-29(27,18-23)14-13-22-9-5-3-6-10-22/h3-12,20,23-24,26-27H,2,13-19H2,1H3. The molecule has 4 fully saturated rings. The van der Waals surface area contributed by atoms with E-state index in [4.69, 9.17) is 4.74 Å². The molecule has 2 heteroatoms. The van der Waals surface area contributed by atoms with E-state index in [9.17, 15) is 4.79 Å². The number of rotatable bonds is 7. The number of esters is 1. The summed E-state index contributed by atoms with van der Waals surface area (Å²) in [5, 5.41) is 0. The summed E-state index contributed by atoms with van der Waals surface area (Å²) >= 11 is 0. The Bertz CT molecular complexity index is 918. The molecule has 0 N–H and O–H groups in total. The van der Waals surface area contributed by atoms with Crippen molar-refractivity contribution in [1.82, 2.24) is 0 Å². The van der Waals surface area contributed by atoms with Crippen molar-refractivity contribution in [3.63, 3.8) is 0 Å². The second kappa shape index (κ2) is 8.30. The van der Waals surface area contributed by atoms with Gasteiger partial charge < -0.3 is 4.74 Å². The zero-order chi connectivity index (χ0) is 21.4. The fraction of sp³-hybridized carbons (Fsp3) is 0.483. The van der Waals surface area contributed by atoms with Gasteiger partial charge in [0.25, 0.3) is 0 Å². The van der Waals surface area contributed by atoms with Gasteiger partial charge in [0, 0.05) is 16.9 Å². The maximum absolute atomic E-state index is 13.2. The molecular formula is C29H34O2. The Morgan fingerprint density at radius 3 is 2.26 bits per heavy atom. The van der Waals surface area contributed by atoms with Crippen molar-refractivity contribution in [3.8, 4) is 0 Å². The number of aryl methyl sites for hydroxylation is 1. The average molecular weight is 415 g/mol. The number of carbonyl (C=O) groups excluding carboxylic acids is 1. The lowest BCUT2D eigenvalue weighted by Crippen LogP contribution is -2.57. The molecule has 4 atom stereocenters. The van der Waals surface area contributed by atoms with Gasteiger partial charge in [-0.3, -0.25) is 0 Å². The van der Waals surface area contributed by atoms with Gasteiger partial charge in [-0.25, -0.2) is 4.79 Å². The first-order valence-electron chi connectivity index (χ1n) is 12.0. The van der Waals surface area contributed by atoms with Gasteiger partial charge in [-0.05, 0) is 73.8 Å². The lowest BCUT2D eigenvalue weighted by molar-refractivity contribution is -0.192. The van der Waals surface area contributed by atoms with Gasteiger partial charge in [0.05, 0.1) is 0 Å². The van der Waals surface area contributed by atoms with Crippen LogP contribution >= 0.6 is 0 Å². The summed E-state index contributed by atoms with van der Waals surface area (Å²) in [5.41, 5.74) is 3.24. The van der Waals surface area contributed by atoms with Crippen molar-refractivity contribution in [2.45, 2.75) is 63.9 Å². The van der Waals surface area contributed by atoms with Crippen LogP contribution in [0.2, 0.25) is 0 Å². The molecule has 31 heavy (non-hydrogen) atoms. The fourth-order valence-electron chi connectivity index (χ4n) is 7.08. The van der Waals surface area contributed by atoms with Crippen molar-refractivity contribution in [1.29, 1.82) is 0 Å². The van der Waals surface area contributed by atoms with E-state index in [0.29, 0.717) is 11.5 Å². The highest BCUT2D eigenvalue weighted by Crippen LogP contribution is 2.62. The van der Waals surface area contributed by atoms with Crippen LogP contribution in [0.25, 0.3) is 0 Å². The molecule has 2 aromatic rings. The van der Waals surface area contributed by atoms with Crippen molar-refractivity contribution in [2.24, 2.45) is 23.2 Å². The van der Waals surface area contributed by atoms with Crippen LogP contribution in [-0.2, 0) is 16.0 Å². The van der Waals surface area contributed by atoms with E-state index in [2.05, 4.69) is 56.0 Å². The first kappa shape index (κ1) is 20.5. The molecule has 0 aromatic heterocycles. The fourth-order valence-corrected chi connectivity index (χ4v) is 7.08. The molecule has 4 unspecified atom stereocenters. The molecule has 2 aromatic carbocycles. The van der Waals surface area contributed by atoms with E-state index < -0.39 is 0 Å². The van der Waals surface area contributed by atoms with Crippen LogP contribution in [0.5, 0.6) is 0 Å². The summed E-state index contributed by atoms with van der Waals surface area (Å²) in [5.74, 6) is 1.98. The molecule has 0 radical (unpaired) electrons. The van der Waals surface area contributed by atoms with E-state index in [1.54, 1.807) is 0 Å². The largest absolute Gasteiger partial charge is 0.458 e. The van der Waals surface area contributed by atoms with Crippen molar-refractivity contribution >= 4 is 5.97 Å². The number of hydrogen-bond acceptors (Lipinski definition) is 2. The molecule has 0 heterocycles. The molecule has 0 saturated heterocycles. The predicted octanol–water partition coefficient (Wildman–Crippen LogP) is 6.72. The normalized spacial score (nSPS) is 31.9. The molecule has 0 amide bonds. The highest BCUT2D eigenvalue weighted by Gasteiger charge is 2.58. The van der Waals surface area contributed by atoms with E-state index >= 15 is 0 Å². The zero-order valence-electron chi connectivity index (χ0n) is 18.6. The molecule has 2 nitrogen and oxygen atoms in total. The topological polar surface area (TPSA) is 26.3 Å². The van der Waals surface area contributed by atoms with Crippen LogP contribution in [-0.4, -0.2) is 12.1 Å². The van der Waals surface area contributed by atoms with Crippen molar-refractivity contribution in [3.05, 3.63) is 83.9 Å². The number of ether oxygens (including phenoxy) is 1. The van der Waals surface area contributed by atoms with Crippen molar-refractivity contribution in [2.75, 3.05) is 0 Å². The maximum atomic E-state index is 13.2. The second-order valence-electron chi connectivity index (χ2n) is 10.4. The number of benzene rings is 2. The van der Waals surface area contributed by atoms with Gasteiger partial charge in [0.15, 0.2) is 0 Å². The second-order valence-corrected chi connectivity index (χ2v) is 10.4. The summed E-state index contributed by atoms with van der Waals surface area (Å²) in [7, 11) is 0. The third kappa shape index (κ3) is 3.97. The minimum Gasteiger partial charge on any atom is -0.458 e. The van der Waals surface area contributed by atoms with E-state index in [1.165, 1.54) is 37.7 Å². The zero-order valence-corrected chi connectivity index (χ0v) is 18.6. The smallest absolute Gasteiger partial charge is 0.334 e. The Morgan fingerprint density at radius 2 is 1.61 bits per heavy atom. The van der Waals surface area contributed by atoms with Gasteiger partial charge in [-0.2, -0.15) is 0 Å². The molecule has 4 bridgehead atoms. The molecule has 0 aliphatic heterocycles. The summed E-state index contributed by atoms with van der Waals surface area (Å²) in [6.45, 7) is 6.21. The van der Waals surface area contributed by atoms with E-state index in [0.717, 1.165) is 30.2 Å². The Morgan fingerprint density at radius 1 is 1.00 bits per heavy atom. The molecular weight excluding hydrogens is 380 g/mol. The maximum Gasteiger partial charge on any atom is 0.334 e. The first-order valence-corrected chi connectivity index (χ1v) is 12.0. The van der Waals surface area contributed by atoms with Crippen LogP contribution in [0.15, 0.2) is 72.8 Å². The molecule has 162 valence electrons. The van der Waals surface area contributed by atoms with Crippen LogP contribution < -0.4 is 0 Å². The predicted molar refractivity (Wildman–Crippen MR) is 125 cm³/mol. The number of hydrogen-bond donors (Lipinski definition) is 0. The number of carbonyl (C=O) groups is 1. The van der Waals surface area contributed by atoms with Gasteiger partial charge in [-0.1, -0.05) is 74.2 Å². The first-order chi connectivity index (χ1) is 15.0. The Hall–Kier alpha value is -2.35. The molecule has 6 rings (SSSR count). The van der Waals surface area contributed by atoms with Crippen LogP contribution in [0.4, 0.5) is 0 Å². The minimum atomic E-state index is -0.187. The van der Waals surface area contributed by atoms with Crippen LogP contribution in [0, 0.1) is 23.2 Å². The van der Waals surface area contributed by atoms with Crippen molar-refractivity contribution < 1.29 is 9.53 Å². The Kier molecular flexibility index (Phi) is 5.50. The van der Waals surface area contributed by atoms with Gasteiger partial charge in [0.1, 0.15) is 6.10 Å². The lowest BCUT2D eigenvalue weighted by atomic mass is 9.47. The van der Waals surface area contributed by atoms with Gasteiger partial charge in [-0.15, -0.1) is 0 Å². The molecule has 4 aliphatic carbocycles. The van der Waals surface area contributed by atoms with Crippen LogP contribution in [0.1, 0.15) is 62.5 Å². The average Bonchev–Trinajstić information content (AvgIpc) is 2.80. The summed E-state index contributed by atoms with van der Waals surface area (Å²) in [6.07, 6.45) is 8.57. The summed E-state index contributed by atoms with van der Waals surface area (Å²) in [6, 6.07) is 20.9.